The third-order valence-electron chi connectivity index (χ3n) is 8.29. The summed E-state index contributed by atoms with van der Waals surface area (Å²) in [6, 6.07) is -3.77. The van der Waals surface area contributed by atoms with Crippen molar-refractivity contribution < 1.29 is 119 Å². The molecule has 1 aliphatic rings. The molecule has 3 rings (SSSR count). The molecule has 8 atom stereocenters. The van der Waals surface area contributed by atoms with Crippen molar-refractivity contribution in [2.45, 2.75) is 56.0 Å². The lowest BCUT2D eigenvalue weighted by molar-refractivity contribution is -0.148. The second-order valence-corrected chi connectivity index (χ2v) is 18.0. The molecular formula is C31H43N10O26P3. The van der Waals surface area contributed by atoms with E-state index in [1.807, 2.05) is 16.0 Å². The summed E-state index contributed by atoms with van der Waals surface area (Å²) in [6.45, 7) is -3.20. The van der Waals surface area contributed by atoms with Crippen molar-refractivity contribution in [1.82, 2.24) is 30.5 Å². The van der Waals surface area contributed by atoms with Gasteiger partial charge in [0.05, 0.1) is 62.9 Å². The maximum Gasteiger partial charge on any atom is 0.490 e. The van der Waals surface area contributed by atoms with Crippen LogP contribution in [0.1, 0.15) is 31.1 Å². The van der Waals surface area contributed by atoms with Crippen molar-refractivity contribution in [3.8, 4) is 11.8 Å². The molecule has 3 amide bonds. The van der Waals surface area contributed by atoms with Gasteiger partial charge in [0.1, 0.15) is 44.2 Å². The number of aliphatic hydroxyl groups is 1. The summed E-state index contributed by atoms with van der Waals surface area (Å²) in [4.78, 5) is 128. The van der Waals surface area contributed by atoms with Gasteiger partial charge in [0.2, 0.25) is 17.8 Å². The Bertz CT molecular complexity index is 2550. The molecule has 0 aromatic carbocycles. The molecule has 39 heteroatoms. The Labute approximate surface area is 389 Å². The Balaban J connectivity index is 1.44. The van der Waals surface area contributed by atoms with Crippen molar-refractivity contribution in [3.05, 3.63) is 32.6 Å². The molecule has 2 aromatic heterocycles. The predicted molar refractivity (Wildman–Crippen MR) is 222 cm³/mol. The van der Waals surface area contributed by atoms with Crippen LogP contribution in [0.3, 0.4) is 0 Å². The third kappa shape index (κ3) is 20.5. The maximum absolute atomic E-state index is 12.9. The number of alkyl carbamates (subject to hydrolysis) is 1. The number of phosphoric acid groups is 3. The molecule has 2 aromatic rings. The van der Waals surface area contributed by atoms with E-state index in [2.05, 4.69) is 45.0 Å². The number of aliphatic hydroxyl groups excluding tert-OH is 1. The minimum atomic E-state index is -5.82. The molecule has 0 spiro atoms. The van der Waals surface area contributed by atoms with E-state index in [0.29, 0.717) is 0 Å². The number of H-pyrrole nitrogens is 1. The molecule has 0 aliphatic carbocycles. The number of hydrogen-bond acceptors (Lipinski definition) is 22. The second kappa shape index (κ2) is 26.8. The molecule has 0 radical (unpaired) electrons. The number of nitrogens with two attached hydrogens (primary N) is 1. The smallest absolute Gasteiger partial charge is 0.481 e. The molecule has 1 saturated heterocycles. The molecular weight excluding hydrogens is 1020 g/mol. The van der Waals surface area contributed by atoms with Crippen molar-refractivity contribution >= 4 is 76.3 Å². The van der Waals surface area contributed by atoms with Gasteiger partial charge in [-0.15, -0.1) is 0 Å². The topological polar surface area (TPSA) is 551 Å². The van der Waals surface area contributed by atoms with Crippen molar-refractivity contribution in [2.24, 2.45) is 5.11 Å². The van der Waals surface area contributed by atoms with Crippen LogP contribution in [0.2, 0.25) is 0 Å². The van der Waals surface area contributed by atoms with Crippen molar-refractivity contribution in [3.63, 3.8) is 0 Å². The quantitative estimate of drug-likeness (QED) is 0.00968. The zero-order valence-electron chi connectivity index (χ0n) is 35.4. The maximum atomic E-state index is 12.9. The molecule has 3 heterocycles. The zero-order valence-corrected chi connectivity index (χ0v) is 38.1. The van der Waals surface area contributed by atoms with Gasteiger partial charge in [0, 0.05) is 17.5 Å². The number of nitrogens with one attached hydrogen (secondary N) is 4. The molecule has 70 heavy (non-hydrogen) atoms. The number of aliphatic carboxylic acids is 3. The number of ether oxygens (including phenoxy) is 5. The van der Waals surface area contributed by atoms with Gasteiger partial charge in [-0.05, 0) is 5.53 Å². The number of nitrogen functional groups attached to an aromatic ring is 1. The summed E-state index contributed by atoms with van der Waals surface area (Å²) in [6.07, 6.45) is -7.45. The minimum Gasteiger partial charge on any atom is -0.481 e. The Kier molecular flexibility index (Phi) is 22.3. The lowest BCUT2D eigenvalue weighted by atomic mass is 10.1. The van der Waals surface area contributed by atoms with Crippen LogP contribution < -0.4 is 27.2 Å². The fourth-order valence-electron chi connectivity index (χ4n) is 5.51. The number of nitrogens with zero attached hydrogens (tertiary/aromatic N) is 5. The number of aromatic amines is 1. The van der Waals surface area contributed by atoms with E-state index in [1.165, 1.54) is 10.8 Å². The fraction of sp³-hybridized carbons (Fsp3) is 0.548. The molecule has 36 nitrogen and oxygen atoms in total. The van der Waals surface area contributed by atoms with Gasteiger partial charge in [-0.3, -0.25) is 33.5 Å². The van der Waals surface area contributed by atoms with E-state index in [1.54, 1.807) is 0 Å². The lowest BCUT2D eigenvalue weighted by Crippen LogP contribution is -2.54. The third-order valence-corrected chi connectivity index (χ3v) is 12.1. The fourth-order valence-corrected chi connectivity index (χ4v) is 8.54. The first-order valence-electron chi connectivity index (χ1n) is 19.2. The van der Waals surface area contributed by atoms with Crippen LogP contribution in [0.15, 0.2) is 16.1 Å². The molecule has 1 aliphatic heterocycles. The largest absolute Gasteiger partial charge is 0.490 e. The summed E-state index contributed by atoms with van der Waals surface area (Å²) >= 11 is 0. The van der Waals surface area contributed by atoms with Gasteiger partial charge in [0.15, 0.2) is 11.9 Å². The summed E-state index contributed by atoms with van der Waals surface area (Å²) in [5.41, 5.74) is 13.9. The van der Waals surface area contributed by atoms with Crippen LogP contribution in [0.4, 0.5) is 10.7 Å². The predicted octanol–water partition coefficient (Wildman–Crippen LogP) is -2.93. The van der Waals surface area contributed by atoms with E-state index in [0.717, 1.165) is 0 Å². The number of carboxylic acids is 3. The summed E-state index contributed by atoms with van der Waals surface area (Å²) in [5.74, 6) is -2.33. The number of azide groups is 1. The number of hydrogen-bond donors (Lipinski definition) is 13. The van der Waals surface area contributed by atoms with E-state index in [4.69, 9.17) is 60.1 Å². The van der Waals surface area contributed by atoms with E-state index in [-0.39, 0.29) is 62.0 Å². The average Bonchev–Trinajstić information content (AvgIpc) is 3.78. The number of phosphoric ester groups is 1. The lowest BCUT2D eigenvalue weighted by Gasteiger charge is -2.19. The van der Waals surface area contributed by atoms with Gasteiger partial charge in [-0.2, -0.15) is 13.6 Å². The standard InChI is InChI=1S/C31H43N10O26P3/c32-30-37-26-25(28(49)38-30)15(12-41(26)22-10-18(42)19(65-22)13-64-69(56,57)67-70(58,59)66-68(53,54)55)2-1-3-62-21(39-40-33)14-61-5-4-60-6-7-63-31(52)34-11-20(43)35-16(8-23(44)45)27(48)36-17(29(50)51)9-24(46)47/h12,16-19,21-22,42H,3-11,13-14H2,(H,34,52)(H,35,43)(H,36,48)(H,44,45)(H,46,47)(H,50,51)(H,56,57)(H,58,59)(H2,53,54,55)(H3,32,37,38,49). The molecule has 388 valence electrons. The van der Waals surface area contributed by atoms with Crippen LogP contribution in [0, 0.1) is 11.8 Å². The first-order valence-corrected chi connectivity index (χ1v) is 23.7. The highest BCUT2D eigenvalue weighted by molar-refractivity contribution is 7.66. The second-order valence-electron chi connectivity index (χ2n) is 13.6. The first-order chi connectivity index (χ1) is 32.7. The normalized spacial score (nSPS) is 18.6. The number of anilines is 1. The summed E-state index contributed by atoms with van der Waals surface area (Å²) in [5, 5.41) is 46.7. The molecule has 8 unspecified atom stereocenters. The highest BCUT2D eigenvalue weighted by Gasteiger charge is 2.43. The number of fused-ring (bicyclic) bond motifs is 1. The van der Waals surface area contributed by atoms with Crippen LogP contribution >= 0.6 is 23.5 Å². The first kappa shape index (κ1) is 58.2. The van der Waals surface area contributed by atoms with Gasteiger partial charge < -0.3 is 89.9 Å². The molecule has 0 saturated carbocycles. The van der Waals surface area contributed by atoms with Gasteiger partial charge in [-0.25, -0.2) is 23.3 Å². The van der Waals surface area contributed by atoms with Crippen molar-refractivity contribution in [2.75, 3.05) is 58.5 Å². The Morgan fingerprint density at radius 1 is 0.986 bits per heavy atom. The van der Waals surface area contributed by atoms with Crippen LogP contribution in [0.5, 0.6) is 0 Å². The highest BCUT2D eigenvalue weighted by atomic mass is 31.3. The number of carbonyl (C=O) groups is 6. The van der Waals surface area contributed by atoms with Gasteiger partial charge >= 0.3 is 47.5 Å². The van der Waals surface area contributed by atoms with E-state index in [9.17, 15) is 62.2 Å². The number of carbonyl (C=O) groups excluding carboxylic acids is 3. The number of carboxylic acid groups (broad SMARTS) is 3. The van der Waals surface area contributed by atoms with Gasteiger partial charge in [0.25, 0.3) is 5.56 Å². The number of aromatic nitrogens is 3. The zero-order chi connectivity index (χ0) is 52.4. The van der Waals surface area contributed by atoms with Crippen molar-refractivity contribution in [1.29, 1.82) is 0 Å². The molecule has 14 N–H and O–H groups in total. The van der Waals surface area contributed by atoms with Gasteiger partial charge in [-0.1, -0.05) is 17.0 Å². The average molecular weight is 1060 g/mol. The molecule has 1 fully saturated rings. The van der Waals surface area contributed by atoms with Crippen LogP contribution in [-0.4, -0.2) is 174 Å². The van der Waals surface area contributed by atoms with E-state index >= 15 is 0 Å². The summed E-state index contributed by atoms with van der Waals surface area (Å²) < 4.78 is 74.3. The summed E-state index contributed by atoms with van der Waals surface area (Å²) in [7, 11) is -17.0. The van der Waals surface area contributed by atoms with E-state index < -0.39 is 134 Å². The highest BCUT2D eigenvalue weighted by Crippen LogP contribution is 2.66. The Morgan fingerprint density at radius 3 is 2.29 bits per heavy atom. The van der Waals surface area contributed by atoms with Crippen LogP contribution in [-0.2, 0) is 74.5 Å². The SMILES string of the molecule is [N-]=[N+]=NC(COCCOCCOC(=O)NCC(=O)NC(CC(=O)O)C(=O)NC(CC(=O)O)C(=O)O)OCC#Cc1cn(C2CC(O)C(COP(=O)(O)OP(=O)(O)OP(=O)(O)O)O2)c2nc(N)[nH]c(=O)c12. The number of rotatable bonds is 29. The van der Waals surface area contributed by atoms with Crippen LogP contribution in [0.25, 0.3) is 21.5 Å². The Hall–Kier alpha value is -6.08. The molecule has 0 bridgehead atoms. The Morgan fingerprint density at radius 2 is 1.64 bits per heavy atom. The monoisotopic (exact) mass is 1060 g/mol. The number of amides is 3. The minimum absolute atomic E-state index is 0.0290.